The molecule has 1 fully saturated rings. The summed E-state index contributed by atoms with van der Waals surface area (Å²) >= 11 is 0. The molecule has 112 valence electrons. The van der Waals surface area contributed by atoms with Gasteiger partial charge in [-0.1, -0.05) is 31.4 Å². The average molecular weight is 286 g/mol. The maximum absolute atomic E-state index is 9.45. The minimum atomic E-state index is 0.120. The lowest BCUT2D eigenvalue weighted by Crippen LogP contribution is -2.39. The average Bonchev–Trinajstić information content (AvgIpc) is 2.52. The van der Waals surface area contributed by atoms with E-state index < -0.39 is 0 Å². The highest BCUT2D eigenvalue weighted by molar-refractivity contribution is 5.90. The van der Waals surface area contributed by atoms with Gasteiger partial charge in [0.1, 0.15) is 5.82 Å². The molecule has 0 amide bonds. The van der Waals surface area contributed by atoms with E-state index in [0.717, 1.165) is 29.6 Å². The van der Waals surface area contributed by atoms with E-state index >= 15 is 0 Å². The molecular formula is C16H22N4O. The third kappa shape index (κ3) is 2.93. The highest BCUT2D eigenvalue weighted by atomic mass is 16.3. The van der Waals surface area contributed by atoms with Gasteiger partial charge in [0, 0.05) is 18.0 Å². The number of fused-ring (bicyclic) bond motifs is 1. The van der Waals surface area contributed by atoms with Crippen molar-refractivity contribution >= 4 is 22.7 Å². The molecule has 0 saturated heterocycles. The van der Waals surface area contributed by atoms with Crippen molar-refractivity contribution in [2.24, 2.45) is 0 Å². The molecule has 1 heterocycles. The highest BCUT2D eigenvalue weighted by Gasteiger charge is 2.24. The van der Waals surface area contributed by atoms with Crippen molar-refractivity contribution in [1.82, 2.24) is 9.97 Å². The number of nitrogens with zero attached hydrogens (tertiary/aromatic N) is 3. The molecule has 5 heteroatoms. The zero-order valence-electron chi connectivity index (χ0n) is 12.2. The number of hydrogen-bond acceptors (Lipinski definition) is 5. The third-order valence-electron chi connectivity index (χ3n) is 4.23. The maximum Gasteiger partial charge on any atom is 0.222 e. The van der Waals surface area contributed by atoms with Crippen LogP contribution in [0.15, 0.2) is 24.3 Å². The standard InChI is InChI=1S/C16H22N4O/c17-16-18-14-9-5-4-8-13(14)15(19-16)20(10-11-21)12-6-2-1-3-7-12/h4-5,8-9,12,21H,1-3,6-7,10-11H2,(H2,17,18,19). The van der Waals surface area contributed by atoms with Crippen LogP contribution in [-0.4, -0.2) is 34.3 Å². The first kappa shape index (κ1) is 14.1. The Labute approximate surface area is 124 Å². The first-order chi connectivity index (χ1) is 10.3. The summed E-state index contributed by atoms with van der Waals surface area (Å²) in [5, 5.41) is 10.5. The molecule has 1 aromatic heterocycles. The zero-order valence-corrected chi connectivity index (χ0v) is 12.2. The van der Waals surface area contributed by atoms with Crippen LogP contribution in [0.4, 0.5) is 11.8 Å². The van der Waals surface area contributed by atoms with Crippen molar-refractivity contribution in [3.63, 3.8) is 0 Å². The van der Waals surface area contributed by atoms with Crippen molar-refractivity contribution in [2.75, 3.05) is 23.8 Å². The fourth-order valence-electron chi connectivity index (χ4n) is 3.26. The fourth-order valence-corrected chi connectivity index (χ4v) is 3.26. The summed E-state index contributed by atoms with van der Waals surface area (Å²) in [6.45, 7) is 0.708. The molecule has 0 aliphatic heterocycles. The molecule has 1 saturated carbocycles. The van der Waals surface area contributed by atoms with E-state index in [9.17, 15) is 5.11 Å². The predicted octanol–water partition coefficient (Wildman–Crippen LogP) is 2.34. The monoisotopic (exact) mass is 286 g/mol. The van der Waals surface area contributed by atoms with Crippen molar-refractivity contribution in [3.05, 3.63) is 24.3 Å². The minimum absolute atomic E-state index is 0.120. The van der Waals surface area contributed by atoms with Crippen LogP contribution in [0.5, 0.6) is 0 Å². The topological polar surface area (TPSA) is 75.3 Å². The van der Waals surface area contributed by atoms with Gasteiger partial charge in [0.05, 0.1) is 12.1 Å². The fraction of sp³-hybridized carbons (Fsp3) is 0.500. The van der Waals surface area contributed by atoms with Crippen molar-refractivity contribution in [3.8, 4) is 0 Å². The summed E-state index contributed by atoms with van der Waals surface area (Å²) < 4.78 is 0. The molecule has 0 unspecified atom stereocenters. The smallest absolute Gasteiger partial charge is 0.222 e. The Morgan fingerprint density at radius 2 is 1.90 bits per heavy atom. The number of nitrogens with two attached hydrogens (primary N) is 1. The van der Waals surface area contributed by atoms with Gasteiger partial charge >= 0.3 is 0 Å². The number of nitrogen functional groups attached to an aromatic ring is 1. The van der Waals surface area contributed by atoms with Gasteiger partial charge in [-0.2, -0.15) is 4.98 Å². The van der Waals surface area contributed by atoms with Gasteiger partial charge in [-0.15, -0.1) is 0 Å². The van der Waals surface area contributed by atoms with Crippen LogP contribution in [0.2, 0.25) is 0 Å². The molecule has 21 heavy (non-hydrogen) atoms. The van der Waals surface area contributed by atoms with Crippen LogP contribution in [0.1, 0.15) is 32.1 Å². The van der Waals surface area contributed by atoms with Gasteiger partial charge in [0.15, 0.2) is 0 Å². The number of anilines is 2. The number of benzene rings is 1. The van der Waals surface area contributed by atoms with E-state index in [2.05, 4.69) is 14.9 Å². The molecule has 0 atom stereocenters. The van der Waals surface area contributed by atoms with E-state index in [0.29, 0.717) is 18.5 Å². The van der Waals surface area contributed by atoms with Gasteiger partial charge in [-0.05, 0) is 25.0 Å². The molecule has 3 N–H and O–H groups in total. The summed E-state index contributed by atoms with van der Waals surface area (Å²) in [5.74, 6) is 1.15. The van der Waals surface area contributed by atoms with E-state index in [1.54, 1.807) is 0 Å². The largest absolute Gasteiger partial charge is 0.395 e. The van der Waals surface area contributed by atoms with Crippen LogP contribution in [0.3, 0.4) is 0 Å². The third-order valence-corrected chi connectivity index (χ3v) is 4.23. The Kier molecular flexibility index (Phi) is 4.20. The van der Waals surface area contributed by atoms with Crippen molar-refractivity contribution in [2.45, 2.75) is 38.1 Å². The Hall–Kier alpha value is -1.88. The van der Waals surface area contributed by atoms with Crippen molar-refractivity contribution < 1.29 is 5.11 Å². The highest BCUT2D eigenvalue weighted by Crippen LogP contribution is 2.30. The van der Waals surface area contributed by atoms with Gasteiger partial charge < -0.3 is 15.7 Å². The van der Waals surface area contributed by atoms with Crippen LogP contribution in [0, 0.1) is 0 Å². The SMILES string of the molecule is Nc1nc(N(CCO)C2CCCCC2)c2ccccc2n1. The Bertz CT molecular complexity index is 610. The number of para-hydroxylation sites is 1. The summed E-state index contributed by atoms with van der Waals surface area (Å²) in [7, 11) is 0. The second-order valence-corrected chi connectivity index (χ2v) is 5.63. The first-order valence-electron chi connectivity index (χ1n) is 7.69. The number of hydrogen-bond donors (Lipinski definition) is 2. The minimum Gasteiger partial charge on any atom is -0.395 e. The van der Waals surface area contributed by atoms with Crippen LogP contribution in [0.25, 0.3) is 10.9 Å². The molecule has 0 radical (unpaired) electrons. The summed E-state index contributed by atoms with van der Waals surface area (Å²) in [6, 6.07) is 8.36. The molecule has 5 nitrogen and oxygen atoms in total. The van der Waals surface area contributed by atoms with Crippen LogP contribution >= 0.6 is 0 Å². The maximum atomic E-state index is 9.45. The Morgan fingerprint density at radius 3 is 2.67 bits per heavy atom. The number of aliphatic hydroxyl groups excluding tert-OH is 1. The summed E-state index contributed by atoms with van der Waals surface area (Å²) in [5.41, 5.74) is 6.74. The van der Waals surface area contributed by atoms with Crippen molar-refractivity contribution in [1.29, 1.82) is 0 Å². The quantitative estimate of drug-likeness (QED) is 0.902. The Balaban J connectivity index is 2.05. The second kappa shape index (κ2) is 6.26. The lowest BCUT2D eigenvalue weighted by Gasteiger charge is -2.35. The number of aliphatic hydroxyl groups is 1. The molecule has 0 spiro atoms. The van der Waals surface area contributed by atoms with Gasteiger partial charge in [-0.3, -0.25) is 0 Å². The van der Waals surface area contributed by atoms with Crippen LogP contribution in [-0.2, 0) is 0 Å². The van der Waals surface area contributed by atoms with E-state index in [1.807, 2.05) is 24.3 Å². The second-order valence-electron chi connectivity index (χ2n) is 5.63. The molecule has 0 bridgehead atoms. The van der Waals surface area contributed by atoms with Gasteiger partial charge in [0.25, 0.3) is 0 Å². The normalized spacial score (nSPS) is 16.2. The lowest BCUT2D eigenvalue weighted by atomic mass is 9.94. The molecule has 1 aliphatic carbocycles. The van der Waals surface area contributed by atoms with E-state index in [1.165, 1.54) is 19.3 Å². The summed E-state index contributed by atoms with van der Waals surface area (Å²) in [6.07, 6.45) is 6.09. The van der Waals surface area contributed by atoms with Gasteiger partial charge in [-0.25, -0.2) is 4.98 Å². The van der Waals surface area contributed by atoms with Gasteiger partial charge in [0.2, 0.25) is 5.95 Å². The number of aromatic nitrogens is 2. The lowest BCUT2D eigenvalue weighted by molar-refractivity contribution is 0.289. The predicted molar refractivity (Wildman–Crippen MR) is 85.3 cm³/mol. The summed E-state index contributed by atoms with van der Waals surface area (Å²) in [4.78, 5) is 11.0. The molecular weight excluding hydrogens is 264 g/mol. The van der Waals surface area contributed by atoms with E-state index in [-0.39, 0.29) is 6.61 Å². The van der Waals surface area contributed by atoms with E-state index in [4.69, 9.17) is 5.73 Å². The molecule has 2 aromatic rings. The molecule has 3 rings (SSSR count). The zero-order chi connectivity index (χ0) is 14.7. The first-order valence-corrected chi connectivity index (χ1v) is 7.69. The number of rotatable bonds is 4. The Morgan fingerprint density at radius 1 is 1.14 bits per heavy atom. The molecule has 1 aliphatic rings. The van der Waals surface area contributed by atoms with Crippen LogP contribution < -0.4 is 10.6 Å². The molecule has 1 aromatic carbocycles.